The van der Waals surface area contributed by atoms with Crippen LogP contribution in [0.4, 0.5) is 0 Å². The van der Waals surface area contributed by atoms with E-state index in [1.54, 1.807) is 12.4 Å². The van der Waals surface area contributed by atoms with Crippen LogP contribution in [0.5, 0.6) is 0 Å². The van der Waals surface area contributed by atoms with Gasteiger partial charge in [-0.25, -0.2) is 4.98 Å². The Balaban J connectivity index is 1.36. The van der Waals surface area contributed by atoms with Crippen molar-refractivity contribution in [3.63, 3.8) is 0 Å². The lowest BCUT2D eigenvalue weighted by Gasteiger charge is -2.15. The highest BCUT2D eigenvalue weighted by Crippen LogP contribution is 2.30. The van der Waals surface area contributed by atoms with E-state index in [-0.39, 0.29) is 5.91 Å². The van der Waals surface area contributed by atoms with Gasteiger partial charge in [0.05, 0.1) is 5.69 Å². The molecular formula is C23H21N5O. The number of hydrogen-bond donors (Lipinski definition) is 0. The van der Waals surface area contributed by atoms with Crippen molar-refractivity contribution in [1.82, 2.24) is 24.3 Å². The first-order chi connectivity index (χ1) is 14.2. The highest BCUT2D eigenvalue weighted by molar-refractivity contribution is 5.93. The van der Waals surface area contributed by atoms with Gasteiger partial charge < -0.3 is 9.30 Å². The zero-order valence-corrected chi connectivity index (χ0v) is 16.2. The van der Waals surface area contributed by atoms with Crippen LogP contribution in [0.3, 0.4) is 0 Å². The molecule has 4 aromatic rings. The highest BCUT2D eigenvalue weighted by atomic mass is 16.2. The molecule has 1 atom stereocenters. The Morgan fingerprint density at radius 3 is 2.83 bits per heavy atom. The minimum Gasteiger partial charge on any atom is -0.337 e. The van der Waals surface area contributed by atoms with Crippen LogP contribution in [0.1, 0.15) is 34.0 Å². The lowest BCUT2D eigenvalue weighted by molar-refractivity contribution is 0.0785. The number of fused-ring (bicyclic) bond motifs is 1. The van der Waals surface area contributed by atoms with E-state index in [0.29, 0.717) is 18.2 Å². The van der Waals surface area contributed by atoms with E-state index < -0.39 is 0 Å². The van der Waals surface area contributed by atoms with Gasteiger partial charge in [-0.1, -0.05) is 6.07 Å². The maximum Gasteiger partial charge on any atom is 0.274 e. The molecule has 1 aliphatic heterocycles. The van der Waals surface area contributed by atoms with Crippen molar-refractivity contribution in [2.75, 3.05) is 13.1 Å². The maximum atomic E-state index is 13.0. The fraction of sp³-hybridized carbons (Fsp3) is 0.217. The molecule has 1 aliphatic rings. The molecular weight excluding hydrogens is 362 g/mol. The smallest absolute Gasteiger partial charge is 0.274 e. The number of nitrogens with zero attached hydrogens (tertiary/aromatic N) is 5. The molecule has 1 amide bonds. The molecule has 0 aliphatic carbocycles. The van der Waals surface area contributed by atoms with E-state index >= 15 is 0 Å². The normalized spacial score (nSPS) is 16.4. The Hall–Kier alpha value is -3.54. The number of pyridine rings is 3. The van der Waals surface area contributed by atoms with E-state index in [9.17, 15) is 4.79 Å². The molecule has 29 heavy (non-hydrogen) atoms. The number of likely N-dealkylation sites (tertiary alicyclic amines) is 1. The second kappa shape index (κ2) is 7.13. The van der Waals surface area contributed by atoms with Gasteiger partial charge in [0.1, 0.15) is 11.3 Å². The molecule has 5 rings (SSSR count). The molecule has 0 N–H and O–H groups in total. The molecule has 6 heteroatoms. The number of hydrogen-bond acceptors (Lipinski definition) is 4. The Bertz CT molecular complexity index is 1180. The maximum absolute atomic E-state index is 13.0. The van der Waals surface area contributed by atoms with E-state index in [1.165, 1.54) is 5.56 Å². The van der Waals surface area contributed by atoms with Crippen LogP contribution >= 0.6 is 0 Å². The minimum absolute atomic E-state index is 0.000914. The standard InChI is InChI=1S/C23H21N5O/c1-16-3-2-11-27-15-21(26-22(16)27)23(29)28-12-7-19(14-28)18-6-10-25-20(13-18)17-4-8-24-9-5-17/h2-6,8-11,13,15,19H,7,12,14H2,1H3/t19-/m0/s1. The van der Waals surface area contributed by atoms with E-state index in [4.69, 9.17) is 0 Å². The third-order valence-electron chi connectivity index (χ3n) is 5.60. The van der Waals surface area contributed by atoms with Crippen molar-refractivity contribution in [3.8, 4) is 11.3 Å². The molecule has 0 unspecified atom stereocenters. The molecule has 6 nitrogen and oxygen atoms in total. The minimum atomic E-state index is -0.000914. The van der Waals surface area contributed by atoms with Gasteiger partial charge in [-0.3, -0.25) is 14.8 Å². The molecule has 4 aromatic heterocycles. The number of rotatable bonds is 3. The summed E-state index contributed by atoms with van der Waals surface area (Å²) in [5.74, 6) is 0.306. The summed E-state index contributed by atoms with van der Waals surface area (Å²) in [6.07, 6.45) is 10.1. The molecule has 0 bridgehead atoms. The topological polar surface area (TPSA) is 63.4 Å². The van der Waals surface area contributed by atoms with Gasteiger partial charge in [0.25, 0.3) is 5.91 Å². The zero-order chi connectivity index (χ0) is 19.8. The Kier molecular flexibility index (Phi) is 4.31. The van der Waals surface area contributed by atoms with E-state index in [1.807, 2.05) is 59.1 Å². The van der Waals surface area contributed by atoms with Crippen molar-refractivity contribution in [2.45, 2.75) is 19.3 Å². The van der Waals surface area contributed by atoms with Crippen molar-refractivity contribution in [3.05, 3.63) is 84.2 Å². The van der Waals surface area contributed by atoms with Crippen LogP contribution < -0.4 is 0 Å². The average Bonchev–Trinajstić information content (AvgIpc) is 3.42. The summed E-state index contributed by atoms with van der Waals surface area (Å²) in [4.78, 5) is 28.1. The third-order valence-corrected chi connectivity index (χ3v) is 5.60. The quantitative estimate of drug-likeness (QED) is 0.541. The van der Waals surface area contributed by atoms with Crippen molar-refractivity contribution in [1.29, 1.82) is 0 Å². The number of aryl methyl sites for hydroxylation is 1. The molecule has 0 saturated carbocycles. The number of amides is 1. The second-order valence-corrected chi connectivity index (χ2v) is 7.50. The fourth-order valence-electron chi connectivity index (χ4n) is 4.02. The Morgan fingerprint density at radius 1 is 1.14 bits per heavy atom. The molecule has 0 aromatic carbocycles. The van der Waals surface area contributed by atoms with Gasteiger partial charge in [-0.15, -0.1) is 0 Å². The van der Waals surface area contributed by atoms with Gasteiger partial charge >= 0.3 is 0 Å². The van der Waals surface area contributed by atoms with Crippen LogP contribution in [0, 0.1) is 6.92 Å². The predicted octanol–water partition coefficient (Wildman–Crippen LogP) is 3.73. The Labute approximate surface area is 168 Å². The third kappa shape index (κ3) is 3.27. The van der Waals surface area contributed by atoms with Crippen LogP contribution in [-0.2, 0) is 0 Å². The summed E-state index contributed by atoms with van der Waals surface area (Å²) < 4.78 is 1.92. The van der Waals surface area contributed by atoms with Crippen molar-refractivity contribution >= 4 is 11.6 Å². The number of aromatic nitrogens is 4. The summed E-state index contributed by atoms with van der Waals surface area (Å²) in [6.45, 7) is 3.45. The summed E-state index contributed by atoms with van der Waals surface area (Å²) in [7, 11) is 0. The van der Waals surface area contributed by atoms with Crippen LogP contribution in [-0.4, -0.2) is 43.2 Å². The average molecular weight is 383 g/mol. The predicted molar refractivity (Wildman–Crippen MR) is 111 cm³/mol. The van der Waals surface area contributed by atoms with Gasteiger partial charge in [-0.05, 0) is 54.8 Å². The zero-order valence-electron chi connectivity index (χ0n) is 16.2. The second-order valence-electron chi connectivity index (χ2n) is 7.50. The lowest BCUT2D eigenvalue weighted by atomic mass is 9.97. The molecule has 0 radical (unpaired) electrons. The van der Waals surface area contributed by atoms with Crippen molar-refractivity contribution < 1.29 is 4.79 Å². The first kappa shape index (κ1) is 17.6. The monoisotopic (exact) mass is 383 g/mol. The number of imidazole rings is 1. The van der Waals surface area contributed by atoms with Gasteiger partial charge in [0, 0.05) is 55.6 Å². The van der Waals surface area contributed by atoms with Crippen LogP contribution in [0.25, 0.3) is 16.9 Å². The van der Waals surface area contributed by atoms with Gasteiger partial charge in [0.15, 0.2) is 0 Å². The molecule has 144 valence electrons. The summed E-state index contributed by atoms with van der Waals surface area (Å²) in [6, 6.07) is 12.1. The summed E-state index contributed by atoms with van der Waals surface area (Å²) >= 11 is 0. The largest absolute Gasteiger partial charge is 0.337 e. The van der Waals surface area contributed by atoms with E-state index in [0.717, 1.165) is 35.4 Å². The number of carbonyl (C=O) groups is 1. The summed E-state index contributed by atoms with van der Waals surface area (Å²) in [5.41, 5.74) is 5.60. The lowest BCUT2D eigenvalue weighted by Crippen LogP contribution is -2.28. The molecule has 1 saturated heterocycles. The fourth-order valence-corrected chi connectivity index (χ4v) is 4.02. The highest BCUT2D eigenvalue weighted by Gasteiger charge is 2.29. The van der Waals surface area contributed by atoms with Gasteiger partial charge in [-0.2, -0.15) is 0 Å². The first-order valence-electron chi connectivity index (χ1n) is 9.79. The molecule has 0 spiro atoms. The van der Waals surface area contributed by atoms with Gasteiger partial charge in [0.2, 0.25) is 0 Å². The number of carbonyl (C=O) groups excluding carboxylic acids is 1. The van der Waals surface area contributed by atoms with Crippen molar-refractivity contribution in [2.24, 2.45) is 0 Å². The van der Waals surface area contributed by atoms with Crippen LogP contribution in [0.15, 0.2) is 67.4 Å². The van der Waals surface area contributed by atoms with Crippen LogP contribution in [0.2, 0.25) is 0 Å². The first-order valence-corrected chi connectivity index (χ1v) is 9.79. The SMILES string of the molecule is Cc1cccn2cc(C(=O)N3CC[C@H](c4ccnc(-c5ccncc5)c4)C3)nc12. The Morgan fingerprint density at radius 2 is 2.00 bits per heavy atom. The molecule has 5 heterocycles. The molecule has 1 fully saturated rings. The summed E-state index contributed by atoms with van der Waals surface area (Å²) in [5, 5.41) is 0. The van der Waals surface area contributed by atoms with E-state index in [2.05, 4.69) is 27.1 Å².